The third-order valence-corrected chi connectivity index (χ3v) is 3.06. The van der Waals surface area contributed by atoms with Crippen molar-refractivity contribution in [1.29, 1.82) is 0 Å². The minimum Gasteiger partial charge on any atom is -0.356 e. The second-order valence-electron chi connectivity index (χ2n) is 5.42. The first kappa shape index (κ1) is 12.8. The van der Waals surface area contributed by atoms with E-state index in [1.807, 2.05) is 24.6 Å². The number of fused-ring (bicyclic) bond motifs is 1. The number of anilines is 1. The number of hydrogen-bond acceptors (Lipinski definition) is 5. The largest absolute Gasteiger partial charge is 0.356 e. The van der Waals surface area contributed by atoms with Gasteiger partial charge in [-0.05, 0) is 18.9 Å². The Morgan fingerprint density at radius 3 is 2.78 bits per heavy atom. The standard InChI is InChI=1S/C12H20N6/c1-9-15-16-11-10(14-5-6-18(9)11)17(4)8-12(2,3)7-13/h5-6H,7-8,13H2,1-4H3. The summed E-state index contributed by atoms with van der Waals surface area (Å²) >= 11 is 0. The second-order valence-corrected chi connectivity index (χ2v) is 5.42. The van der Waals surface area contributed by atoms with E-state index >= 15 is 0 Å². The van der Waals surface area contributed by atoms with Crippen molar-refractivity contribution in [3.63, 3.8) is 0 Å². The topological polar surface area (TPSA) is 72.3 Å². The van der Waals surface area contributed by atoms with Gasteiger partial charge in [0.2, 0.25) is 5.65 Å². The minimum atomic E-state index is 0.0400. The van der Waals surface area contributed by atoms with Crippen LogP contribution < -0.4 is 10.6 Å². The highest BCUT2D eigenvalue weighted by molar-refractivity contribution is 5.63. The summed E-state index contributed by atoms with van der Waals surface area (Å²) in [6.07, 6.45) is 3.64. The molecule has 0 fully saturated rings. The lowest BCUT2D eigenvalue weighted by Crippen LogP contribution is -2.37. The van der Waals surface area contributed by atoms with E-state index < -0.39 is 0 Å². The van der Waals surface area contributed by atoms with Crippen molar-refractivity contribution in [2.45, 2.75) is 20.8 Å². The van der Waals surface area contributed by atoms with Crippen LogP contribution in [0.25, 0.3) is 5.65 Å². The van der Waals surface area contributed by atoms with Crippen LogP contribution in [0.1, 0.15) is 19.7 Å². The first-order valence-electron chi connectivity index (χ1n) is 6.02. The van der Waals surface area contributed by atoms with Gasteiger partial charge in [-0.15, -0.1) is 10.2 Å². The molecule has 2 N–H and O–H groups in total. The summed E-state index contributed by atoms with van der Waals surface area (Å²) in [4.78, 5) is 6.48. The molecule has 18 heavy (non-hydrogen) atoms. The summed E-state index contributed by atoms with van der Waals surface area (Å²) in [5.41, 5.74) is 6.59. The van der Waals surface area contributed by atoms with Crippen LogP contribution in [0.2, 0.25) is 0 Å². The van der Waals surface area contributed by atoms with Crippen molar-refractivity contribution < 1.29 is 0 Å². The van der Waals surface area contributed by atoms with Crippen LogP contribution in [0.15, 0.2) is 12.4 Å². The highest BCUT2D eigenvalue weighted by Gasteiger charge is 2.21. The molecule has 0 unspecified atom stereocenters. The van der Waals surface area contributed by atoms with Gasteiger partial charge in [-0.2, -0.15) is 0 Å². The Morgan fingerprint density at radius 2 is 2.11 bits per heavy atom. The number of nitrogens with zero attached hydrogens (tertiary/aromatic N) is 5. The second kappa shape index (κ2) is 4.53. The van der Waals surface area contributed by atoms with Crippen LogP contribution in [0.3, 0.4) is 0 Å². The van der Waals surface area contributed by atoms with Gasteiger partial charge >= 0.3 is 0 Å². The SMILES string of the molecule is Cc1nnc2c(N(C)CC(C)(C)CN)nccn12. The van der Waals surface area contributed by atoms with Gasteiger partial charge in [0, 0.05) is 26.0 Å². The van der Waals surface area contributed by atoms with E-state index in [1.165, 1.54) is 0 Å². The van der Waals surface area contributed by atoms with Crippen LogP contribution in [0, 0.1) is 12.3 Å². The van der Waals surface area contributed by atoms with Crippen molar-refractivity contribution in [2.24, 2.45) is 11.1 Å². The maximum Gasteiger partial charge on any atom is 0.203 e. The van der Waals surface area contributed by atoms with Gasteiger partial charge in [0.1, 0.15) is 5.82 Å². The average molecular weight is 248 g/mol. The summed E-state index contributed by atoms with van der Waals surface area (Å²) in [7, 11) is 2.00. The summed E-state index contributed by atoms with van der Waals surface area (Å²) < 4.78 is 1.94. The van der Waals surface area contributed by atoms with Gasteiger partial charge in [0.15, 0.2) is 5.82 Å². The van der Waals surface area contributed by atoms with Crippen molar-refractivity contribution in [2.75, 3.05) is 25.0 Å². The molecule has 0 amide bonds. The van der Waals surface area contributed by atoms with Crippen molar-refractivity contribution >= 4 is 11.5 Å². The Bertz CT molecular complexity index is 544. The number of rotatable bonds is 4. The van der Waals surface area contributed by atoms with Crippen molar-refractivity contribution in [3.8, 4) is 0 Å². The molecule has 0 spiro atoms. The van der Waals surface area contributed by atoms with Gasteiger partial charge in [0.05, 0.1) is 0 Å². The molecule has 0 aliphatic heterocycles. The maximum absolute atomic E-state index is 5.77. The maximum atomic E-state index is 5.77. The predicted molar refractivity (Wildman–Crippen MR) is 71.6 cm³/mol. The molecule has 98 valence electrons. The Hall–Kier alpha value is -1.69. The van der Waals surface area contributed by atoms with Crippen molar-refractivity contribution in [3.05, 3.63) is 18.2 Å². The van der Waals surface area contributed by atoms with Gasteiger partial charge < -0.3 is 10.6 Å². The summed E-state index contributed by atoms with van der Waals surface area (Å²) in [5, 5.41) is 8.25. The molecule has 6 heteroatoms. The number of hydrogen-bond donors (Lipinski definition) is 1. The monoisotopic (exact) mass is 248 g/mol. The smallest absolute Gasteiger partial charge is 0.203 e. The highest BCUT2D eigenvalue weighted by atomic mass is 15.3. The summed E-state index contributed by atoms with van der Waals surface area (Å²) in [6, 6.07) is 0. The zero-order valence-electron chi connectivity index (χ0n) is 11.4. The van der Waals surface area contributed by atoms with Crippen LogP contribution in [0.4, 0.5) is 5.82 Å². The molecule has 2 aromatic heterocycles. The molecule has 0 aliphatic carbocycles. The summed E-state index contributed by atoms with van der Waals surface area (Å²) in [6.45, 7) is 7.65. The Balaban J connectivity index is 2.36. The van der Waals surface area contributed by atoms with E-state index in [2.05, 4.69) is 33.9 Å². The van der Waals surface area contributed by atoms with Crippen LogP contribution in [-0.4, -0.2) is 39.7 Å². The fourth-order valence-electron chi connectivity index (χ4n) is 1.98. The normalized spacial score (nSPS) is 12.1. The van der Waals surface area contributed by atoms with E-state index in [-0.39, 0.29) is 5.41 Å². The number of nitrogens with two attached hydrogens (primary N) is 1. The molecule has 0 bridgehead atoms. The molecule has 2 rings (SSSR count). The Kier molecular flexibility index (Phi) is 3.21. The Labute approximate surface area is 107 Å². The van der Waals surface area contributed by atoms with Gasteiger partial charge in [-0.25, -0.2) is 4.98 Å². The molecular formula is C12H20N6. The zero-order chi connectivity index (χ0) is 13.3. The fraction of sp³-hybridized carbons (Fsp3) is 0.583. The molecule has 0 saturated heterocycles. The third kappa shape index (κ3) is 2.28. The Morgan fingerprint density at radius 1 is 1.39 bits per heavy atom. The van der Waals surface area contributed by atoms with E-state index in [0.717, 1.165) is 23.8 Å². The van der Waals surface area contributed by atoms with Gasteiger partial charge in [0.25, 0.3) is 0 Å². The molecule has 6 nitrogen and oxygen atoms in total. The van der Waals surface area contributed by atoms with Gasteiger partial charge in [-0.3, -0.25) is 4.40 Å². The third-order valence-electron chi connectivity index (χ3n) is 3.06. The predicted octanol–water partition coefficient (Wildman–Crippen LogP) is 0.854. The molecule has 0 radical (unpaired) electrons. The molecule has 0 aliphatic rings. The molecule has 2 heterocycles. The minimum absolute atomic E-state index is 0.0400. The molecular weight excluding hydrogens is 228 g/mol. The van der Waals surface area contributed by atoms with Crippen molar-refractivity contribution in [1.82, 2.24) is 19.6 Å². The number of aromatic nitrogens is 4. The molecule has 0 aromatic carbocycles. The molecule has 0 atom stereocenters. The van der Waals surface area contributed by atoms with Crippen LogP contribution in [0.5, 0.6) is 0 Å². The van der Waals surface area contributed by atoms with Crippen LogP contribution >= 0.6 is 0 Å². The van der Waals surface area contributed by atoms with E-state index in [0.29, 0.717) is 6.54 Å². The van der Waals surface area contributed by atoms with E-state index in [9.17, 15) is 0 Å². The fourth-order valence-corrected chi connectivity index (χ4v) is 1.98. The van der Waals surface area contributed by atoms with E-state index in [1.54, 1.807) is 6.20 Å². The van der Waals surface area contributed by atoms with Crippen LogP contribution in [-0.2, 0) is 0 Å². The first-order valence-corrected chi connectivity index (χ1v) is 6.02. The molecule has 2 aromatic rings. The lowest BCUT2D eigenvalue weighted by atomic mass is 9.93. The average Bonchev–Trinajstić information content (AvgIpc) is 2.71. The zero-order valence-corrected chi connectivity index (χ0v) is 11.4. The highest BCUT2D eigenvalue weighted by Crippen LogP contribution is 2.21. The molecule has 0 saturated carbocycles. The number of aryl methyl sites for hydroxylation is 1. The first-order chi connectivity index (χ1) is 8.44. The summed E-state index contributed by atoms with van der Waals surface area (Å²) in [5.74, 6) is 1.69. The quantitative estimate of drug-likeness (QED) is 0.868. The van der Waals surface area contributed by atoms with Gasteiger partial charge in [-0.1, -0.05) is 13.8 Å². The lowest BCUT2D eigenvalue weighted by Gasteiger charge is -2.29. The lowest BCUT2D eigenvalue weighted by molar-refractivity contribution is 0.384. The van der Waals surface area contributed by atoms with E-state index in [4.69, 9.17) is 5.73 Å².